The first kappa shape index (κ1) is 10.2. The Labute approximate surface area is 89.2 Å². The van der Waals surface area contributed by atoms with E-state index in [2.05, 4.69) is 6.07 Å². The van der Waals surface area contributed by atoms with Crippen molar-refractivity contribution in [3.05, 3.63) is 35.9 Å². The fraction of sp³-hybridized carbons (Fsp3) is 0.417. The lowest BCUT2D eigenvalue weighted by molar-refractivity contribution is -0.143. The van der Waals surface area contributed by atoms with Crippen LogP contribution in [0.1, 0.15) is 25.5 Å². The molecule has 1 fully saturated rings. The summed E-state index contributed by atoms with van der Waals surface area (Å²) in [6.07, 6.45) is -0.811. The zero-order valence-corrected chi connectivity index (χ0v) is 8.81. The van der Waals surface area contributed by atoms with Crippen LogP contribution < -0.4 is 0 Å². The fourth-order valence-electron chi connectivity index (χ4n) is 1.74. The molecule has 3 nitrogen and oxygen atoms in total. The Morgan fingerprint density at radius 2 is 1.87 bits per heavy atom. The highest BCUT2D eigenvalue weighted by molar-refractivity contribution is 5.22. The second-order valence-electron chi connectivity index (χ2n) is 4.02. The van der Waals surface area contributed by atoms with Crippen molar-refractivity contribution in [2.45, 2.75) is 31.8 Å². The van der Waals surface area contributed by atoms with Gasteiger partial charge in [0.15, 0.2) is 11.9 Å². The Bertz CT molecular complexity index is 380. The van der Waals surface area contributed by atoms with Crippen LogP contribution in [-0.2, 0) is 9.47 Å². The largest absolute Gasteiger partial charge is 0.339 e. The van der Waals surface area contributed by atoms with Crippen LogP contribution in [0.15, 0.2) is 30.3 Å². The van der Waals surface area contributed by atoms with Gasteiger partial charge < -0.3 is 9.47 Å². The third kappa shape index (κ3) is 2.01. The third-order valence-corrected chi connectivity index (χ3v) is 2.35. The summed E-state index contributed by atoms with van der Waals surface area (Å²) in [6, 6.07) is 11.8. The highest BCUT2D eigenvalue weighted by atomic mass is 16.7. The molecule has 1 aromatic carbocycles. The lowest BCUT2D eigenvalue weighted by Crippen LogP contribution is -2.20. The summed E-state index contributed by atoms with van der Waals surface area (Å²) in [5.74, 6) is -0.680. The van der Waals surface area contributed by atoms with Crippen LogP contribution in [0, 0.1) is 11.3 Å². The first-order valence-corrected chi connectivity index (χ1v) is 4.92. The molecule has 0 N–H and O–H groups in total. The van der Waals surface area contributed by atoms with E-state index in [1.807, 2.05) is 44.2 Å². The molecule has 0 amide bonds. The molecule has 1 aromatic rings. The van der Waals surface area contributed by atoms with E-state index in [-0.39, 0.29) is 6.10 Å². The maximum atomic E-state index is 8.97. The van der Waals surface area contributed by atoms with Gasteiger partial charge in [-0.3, -0.25) is 0 Å². The van der Waals surface area contributed by atoms with Crippen molar-refractivity contribution in [3.63, 3.8) is 0 Å². The van der Waals surface area contributed by atoms with Gasteiger partial charge in [-0.15, -0.1) is 0 Å². The number of ether oxygens (including phenoxy) is 2. The molecule has 0 aliphatic carbocycles. The summed E-state index contributed by atoms with van der Waals surface area (Å²) in [5.41, 5.74) is 0.981. The smallest absolute Gasteiger partial charge is 0.177 e. The monoisotopic (exact) mass is 203 g/mol. The molecule has 2 atom stereocenters. The normalized spacial score (nSPS) is 28.6. The molecule has 78 valence electrons. The minimum absolute atomic E-state index is 0.286. The van der Waals surface area contributed by atoms with E-state index in [1.165, 1.54) is 0 Å². The predicted molar refractivity (Wildman–Crippen MR) is 54.8 cm³/mol. The number of nitrogens with zero attached hydrogens (tertiary/aromatic N) is 1. The summed E-state index contributed by atoms with van der Waals surface area (Å²) < 4.78 is 11.2. The van der Waals surface area contributed by atoms with Gasteiger partial charge in [-0.05, 0) is 19.4 Å². The van der Waals surface area contributed by atoms with Gasteiger partial charge in [0.05, 0.1) is 6.07 Å². The van der Waals surface area contributed by atoms with Crippen LogP contribution in [0.4, 0.5) is 0 Å². The van der Waals surface area contributed by atoms with E-state index < -0.39 is 11.9 Å². The zero-order valence-electron chi connectivity index (χ0n) is 8.81. The maximum absolute atomic E-state index is 8.97. The summed E-state index contributed by atoms with van der Waals surface area (Å²) in [4.78, 5) is 0. The molecule has 15 heavy (non-hydrogen) atoms. The van der Waals surface area contributed by atoms with Crippen molar-refractivity contribution in [1.82, 2.24) is 0 Å². The van der Waals surface area contributed by atoms with Crippen molar-refractivity contribution in [2.75, 3.05) is 0 Å². The lowest BCUT2D eigenvalue weighted by Gasteiger charge is -2.16. The number of benzene rings is 1. The zero-order chi connectivity index (χ0) is 10.9. The Morgan fingerprint density at radius 3 is 2.47 bits per heavy atom. The van der Waals surface area contributed by atoms with Crippen LogP contribution >= 0.6 is 0 Å². The summed E-state index contributed by atoms with van der Waals surface area (Å²) >= 11 is 0. The van der Waals surface area contributed by atoms with Crippen LogP contribution in [0.2, 0.25) is 0 Å². The second kappa shape index (κ2) is 3.65. The summed E-state index contributed by atoms with van der Waals surface area (Å²) in [5, 5.41) is 8.97. The molecule has 1 aliphatic rings. The van der Waals surface area contributed by atoms with Crippen molar-refractivity contribution in [1.29, 1.82) is 5.26 Å². The number of rotatable bonds is 1. The number of hydrogen-bond donors (Lipinski definition) is 0. The van der Waals surface area contributed by atoms with Crippen LogP contribution in [-0.4, -0.2) is 11.9 Å². The summed E-state index contributed by atoms with van der Waals surface area (Å²) in [7, 11) is 0. The molecule has 0 saturated carbocycles. The molecule has 0 radical (unpaired) electrons. The van der Waals surface area contributed by atoms with Gasteiger partial charge in [-0.25, -0.2) is 0 Å². The van der Waals surface area contributed by atoms with Crippen molar-refractivity contribution in [2.24, 2.45) is 0 Å². The van der Waals surface area contributed by atoms with Gasteiger partial charge in [-0.1, -0.05) is 30.3 Å². The predicted octanol–water partition coefficient (Wildman–Crippen LogP) is 2.40. The van der Waals surface area contributed by atoms with Gasteiger partial charge in [0.2, 0.25) is 0 Å². The maximum Gasteiger partial charge on any atom is 0.177 e. The molecule has 2 rings (SSSR count). The topological polar surface area (TPSA) is 42.2 Å². The Kier molecular flexibility index (Phi) is 2.47. The number of hydrogen-bond acceptors (Lipinski definition) is 3. The number of nitriles is 1. The molecule has 0 spiro atoms. The van der Waals surface area contributed by atoms with Gasteiger partial charge in [0, 0.05) is 0 Å². The Balaban J connectivity index is 2.27. The van der Waals surface area contributed by atoms with Crippen molar-refractivity contribution >= 4 is 0 Å². The minimum Gasteiger partial charge on any atom is -0.339 e. The summed E-state index contributed by atoms with van der Waals surface area (Å²) in [6.45, 7) is 3.64. The molecule has 0 bridgehead atoms. The van der Waals surface area contributed by atoms with Gasteiger partial charge in [-0.2, -0.15) is 5.26 Å². The highest BCUT2D eigenvalue weighted by Gasteiger charge is 2.42. The minimum atomic E-state index is -0.680. The standard InChI is InChI=1S/C12H13NO2/c1-12(2)14-10(8-13)11(15-12)9-6-4-3-5-7-9/h3-7,10-11H,1-2H3. The molecule has 1 saturated heterocycles. The second-order valence-corrected chi connectivity index (χ2v) is 4.02. The van der Waals surface area contributed by atoms with E-state index in [0.717, 1.165) is 5.56 Å². The third-order valence-electron chi connectivity index (χ3n) is 2.35. The Hall–Kier alpha value is -1.37. The van der Waals surface area contributed by atoms with E-state index >= 15 is 0 Å². The first-order chi connectivity index (χ1) is 7.12. The van der Waals surface area contributed by atoms with Crippen molar-refractivity contribution in [3.8, 4) is 6.07 Å². The van der Waals surface area contributed by atoms with Crippen molar-refractivity contribution < 1.29 is 9.47 Å². The van der Waals surface area contributed by atoms with E-state index in [9.17, 15) is 0 Å². The molecule has 3 heteroatoms. The van der Waals surface area contributed by atoms with E-state index in [0.29, 0.717) is 0 Å². The molecule has 1 heterocycles. The molecule has 1 aliphatic heterocycles. The van der Waals surface area contributed by atoms with Gasteiger partial charge in [0.25, 0.3) is 0 Å². The molecule has 2 unspecified atom stereocenters. The van der Waals surface area contributed by atoms with E-state index in [4.69, 9.17) is 14.7 Å². The van der Waals surface area contributed by atoms with Crippen LogP contribution in [0.3, 0.4) is 0 Å². The highest BCUT2D eigenvalue weighted by Crippen LogP contribution is 2.37. The molecule has 0 aromatic heterocycles. The molecular weight excluding hydrogens is 190 g/mol. The molecular formula is C12H13NO2. The van der Waals surface area contributed by atoms with Crippen LogP contribution in [0.25, 0.3) is 0 Å². The average Bonchev–Trinajstić information content (AvgIpc) is 2.55. The van der Waals surface area contributed by atoms with Crippen LogP contribution in [0.5, 0.6) is 0 Å². The fourth-order valence-corrected chi connectivity index (χ4v) is 1.74. The van der Waals surface area contributed by atoms with Gasteiger partial charge >= 0.3 is 0 Å². The quantitative estimate of drug-likeness (QED) is 0.703. The van der Waals surface area contributed by atoms with E-state index in [1.54, 1.807) is 0 Å². The lowest BCUT2D eigenvalue weighted by atomic mass is 10.1. The van der Waals surface area contributed by atoms with Gasteiger partial charge in [0.1, 0.15) is 6.10 Å². The average molecular weight is 203 g/mol. The SMILES string of the molecule is CC1(C)OC(C#N)C(c2ccccc2)O1. The Morgan fingerprint density at radius 1 is 1.20 bits per heavy atom. The first-order valence-electron chi connectivity index (χ1n) is 4.92.